The van der Waals surface area contributed by atoms with Gasteiger partial charge in [-0.15, -0.1) is 0 Å². The van der Waals surface area contributed by atoms with Gasteiger partial charge in [-0.1, -0.05) is 48.5 Å². The van der Waals surface area contributed by atoms with Gasteiger partial charge in [0.2, 0.25) is 5.91 Å². The van der Waals surface area contributed by atoms with Crippen LogP contribution >= 0.6 is 0 Å². The maximum Gasteiger partial charge on any atom is 0.239 e. The third kappa shape index (κ3) is 3.54. The Morgan fingerprint density at radius 2 is 1.73 bits per heavy atom. The maximum atomic E-state index is 12.5. The fourth-order valence-corrected chi connectivity index (χ4v) is 3.34. The monoisotopic (exact) mass is 346 g/mol. The van der Waals surface area contributed by atoms with E-state index in [9.17, 15) is 9.59 Å². The largest absolute Gasteiger partial charge is 0.354 e. The number of ketones is 1. The zero-order chi connectivity index (χ0) is 17.9. The zero-order valence-corrected chi connectivity index (χ0v) is 14.7. The van der Waals surface area contributed by atoms with Crippen molar-refractivity contribution in [1.82, 2.24) is 9.88 Å². The van der Waals surface area contributed by atoms with Crippen molar-refractivity contribution in [3.8, 4) is 0 Å². The van der Waals surface area contributed by atoms with Crippen molar-refractivity contribution in [2.24, 2.45) is 5.92 Å². The fourth-order valence-electron chi connectivity index (χ4n) is 3.34. The summed E-state index contributed by atoms with van der Waals surface area (Å²) in [6, 6.07) is 17.9. The predicted molar refractivity (Wildman–Crippen MR) is 102 cm³/mol. The predicted octanol–water partition coefficient (Wildman–Crippen LogP) is 3.59. The lowest BCUT2D eigenvalue weighted by Gasteiger charge is -2.07. The molecule has 0 aliphatic heterocycles. The molecule has 0 spiro atoms. The minimum absolute atomic E-state index is 0.0351. The van der Waals surface area contributed by atoms with Gasteiger partial charge >= 0.3 is 0 Å². The number of benzene rings is 2. The molecule has 26 heavy (non-hydrogen) atoms. The highest BCUT2D eigenvalue weighted by atomic mass is 16.2. The number of fused-ring (bicyclic) bond motifs is 1. The standard InChI is InChI=1S/C22H22N2O2/c25-21(23-13-12-16-6-2-1-3-7-16)15-24-14-19(22(26)17-10-11-17)18-8-4-5-9-20(18)24/h1-9,14,17H,10-13,15H2,(H,23,25). The third-order valence-electron chi connectivity index (χ3n) is 4.89. The van der Waals surface area contributed by atoms with Gasteiger partial charge in [0.1, 0.15) is 6.54 Å². The summed E-state index contributed by atoms with van der Waals surface area (Å²) in [6.45, 7) is 0.836. The number of para-hydroxylation sites is 1. The van der Waals surface area contributed by atoms with Crippen LogP contribution in [0.15, 0.2) is 60.8 Å². The van der Waals surface area contributed by atoms with E-state index in [2.05, 4.69) is 17.4 Å². The van der Waals surface area contributed by atoms with E-state index >= 15 is 0 Å². The Bertz CT molecular complexity index is 939. The van der Waals surface area contributed by atoms with E-state index in [4.69, 9.17) is 0 Å². The first-order valence-corrected chi connectivity index (χ1v) is 9.15. The Balaban J connectivity index is 1.44. The Hall–Kier alpha value is -2.88. The first-order valence-electron chi connectivity index (χ1n) is 9.15. The van der Waals surface area contributed by atoms with E-state index in [0.717, 1.165) is 35.7 Å². The summed E-state index contributed by atoms with van der Waals surface area (Å²) in [4.78, 5) is 24.9. The first-order chi connectivity index (χ1) is 12.7. The molecular weight excluding hydrogens is 324 g/mol. The quantitative estimate of drug-likeness (QED) is 0.665. The number of hydrogen-bond donors (Lipinski definition) is 1. The molecule has 0 atom stereocenters. The number of amides is 1. The van der Waals surface area contributed by atoms with Crippen molar-refractivity contribution in [3.05, 3.63) is 71.9 Å². The molecule has 1 aliphatic carbocycles. The van der Waals surface area contributed by atoms with E-state index in [1.165, 1.54) is 5.56 Å². The van der Waals surface area contributed by atoms with E-state index in [0.29, 0.717) is 6.54 Å². The average molecular weight is 346 g/mol. The minimum Gasteiger partial charge on any atom is -0.354 e. The number of rotatable bonds is 7. The summed E-state index contributed by atoms with van der Waals surface area (Å²) in [5, 5.41) is 3.92. The maximum absolute atomic E-state index is 12.5. The van der Waals surface area contributed by atoms with Crippen LogP contribution in [0, 0.1) is 5.92 Å². The normalized spacial score (nSPS) is 13.7. The lowest BCUT2D eigenvalue weighted by Crippen LogP contribution is -2.29. The van der Waals surface area contributed by atoms with Crippen LogP contribution in [0.1, 0.15) is 28.8 Å². The highest BCUT2D eigenvalue weighted by molar-refractivity contribution is 6.10. The molecule has 0 bridgehead atoms. The van der Waals surface area contributed by atoms with Gasteiger partial charge in [-0.2, -0.15) is 0 Å². The number of hydrogen-bond acceptors (Lipinski definition) is 2. The molecule has 0 saturated heterocycles. The SMILES string of the molecule is O=C(Cn1cc(C(=O)C2CC2)c2ccccc21)NCCc1ccccc1. The van der Waals surface area contributed by atoms with Gasteiger partial charge in [0.05, 0.1) is 0 Å². The highest BCUT2D eigenvalue weighted by Gasteiger charge is 2.32. The molecule has 0 unspecified atom stereocenters. The summed E-state index contributed by atoms with van der Waals surface area (Å²) in [6.07, 6.45) is 4.63. The van der Waals surface area contributed by atoms with Gasteiger partial charge in [0.15, 0.2) is 5.78 Å². The van der Waals surface area contributed by atoms with Gasteiger partial charge < -0.3 is 9.88 Å². The lowest BCUT2D eigenvalue weighted by atomic mass is 10.1. The average Bonchev–Trinajstić information content (AvgIpc) is 3.45. The number of nitrogens with one attached hydrogen (secondary N) is 1. The topological polar surface area (TPSA) is 51.1 Å². The molecular formula is C22H22N2O2. The molecule has 4 rings (SSSR count). The Kier molecular flexibility index (Phi) is 4.57. The lowest BCUT2D eigenvalue weighted by molar-refractivity contribution is -0.121. The molecule has 1 heterocycles. The van der Waals surface area contributed by atoms with E-state index in [1.54, 1.807) is 0 Å². The molecule has 2 aromatic carbocycles. The van der Waals surface area contributed by atoms with Crippen molar-refractivity contribution >= 4 is 22.6 Å². The third-order valence-corrected chi connectivity index (χ3v) is 4.89. The van der Waals surface area contributed by atoms with Gasteiger partial charge in [-0.3, -0.25) is 9.59 Å². The van der Waals surface area contributed by atoms with Crippen LogP contribution in [0.3, 0.4) is 0 Å². The van der Waals surface area contributed by atoms with Crippen LogP contribution in [0.5, 0.6) is 0 Å². The van der Waals surface area contributed by atoms with Crippen LogP contribution in [0.25, 0.3) is 10.9 Å². The molecule has 1 aromatic heterocycles. The summed E-state index contributed by atoms with van der Waals surface area (Å²) in [5.41, 5.74) is 2.89. The van der Waals surface area contributed by atoms with Crippen LogP contribution in [0.4, 0.5) is 0 Å². The second-order valence-electron chi connectivity index (χ2n) is 6.91. The summed E-state index contributed by atoms with van der Waals surface area (Å²) in [5.74, 6) is 0.352. The number of carbonyl (C=O) groups is 2. The Morgan fingerprint density at radius 1 is 1.00 bits per heavy atom. The smallest absolute Gasteiger partial charge is 0.239 e. The molecule has 132 valence electrons. The number of carbonyl (C=O) groups excluding carboxylic acids is 2. The molecule has 0 radical (unpaired) electrons. The molecule has 1 fully saturated rings. The van der Waals surface area contributed by atoms with Crippen LogP contribution in [0.2, 0.25) is 0 Å². The number of aromatic nitrogens is 1. The Labute approximate surface area is 152 Å². The molecule has 4 nitrogen and oxygen atoms in total. The number of nitrogens with zero attached hydrogens (tertiary/aromatic N) is 1. The van der Waals surface area contributed by atoms with Crippen LogP contribution in [-0.2, 0) is 17.8 Å². The summed E-state index contributed by atoms with van der Waals surface area (Å²) in [7, 11) is 0. The molecule has 1 saturated carbocycles. The van der Waals surface area contributed by atoms with Crippen molar-refractivity contribution in [2.75, 3.05) is 6.54 Å². The molecule has 1 N–H and O–H groups in total. The molecule has 1 aliphatic rings. The number of Topliss-reactive ketones (excluding diaryl/α,β-unsaturated/α-hetero) is 1. The second-order valence-corrected chi connectivity index (χ2v) is 6.91. The molecule has 4 heteroatoms. The molecule has 3 aromatic rings. The van der Waals surface area contributed by atoms with Gasteiger partial charge in [-0.05, 0) is 30.9 Å². The summed E-state index contributed by atoms with van der Waals surface area (Å²) >= 11 is 0. The molecule has 1 amide bonds. The van der Waals surface area contributed by atoms with Gasteiger partial charge in [0, 0.05) is 35.1 Å². The first kappa shape index (κ1) is 16.6. The van der Waals surface area contributed by atoms with Crippen LogP contribution in [-0.4, -0.2) is 22.8 Å². The van der Waals surface area contributed by atoms with E-state index < -0.39 is 0 Å². The highest BCUT2D eigenvalue weighted by Crippen LogP contribution is 2.35. The Morgan fingerprint density at radius 3 is 2.50 bits per heavy atom. The van der Waals surface area contributed by atoms with E-state index in [1.807, 2.05) is 53.2 Å². The van der Waals surface area contributed by atoms with Crippen molar-refractivity contribution in [2.45, 2.75) is 25.8 Å². The van der Waals surface area contributed by atoms with E-state index in [-0.39, 0.29) is 24.2 Å². The van der Waals surface area contributed by atoms with Gasteiger partial charge in [-0.25, -0.2) is 0 Å². The minimum atomic E-state index is -0.0351. The van der Waals surface area contributed by atoms with Gasteiger partial charge in [0.25, 0.3) is 0 Å². The fraction of sp³-hybridized carbons (Fsp3) is 0.273. The van der Waals surface area contributed by atoms with Crippen molar-refractivity contribution < 1.29 is 9.59 Å². The summed E-state index contributed by atoms with van der Waals surface area (Å²) < 4.78 is 1.89. The van der Waals surface area contributed by atoms with Crippen LogP contribution < -0.4 is 5.32 Å². The second kappa shape index (κ2) is 7.16. The zero-order valence-electron chi connectivity index (χ0n) is 14.7. The van der Waals surface area contributed by atoms with Crippen molar-refractivity contribution in [3.63, 3.8) is 0 Å². The van der Waals surface area contributed by atoms with Crippen molar-refractivity contribution in [1.29, 1.82) is 0 Å².